The van der Waals surface area contributed by atoms with E-state index in [1.54, 1.807) is 0 Å². The summed E-state index contributed by atoms with van der Waals surface area (Å²) in [5.41, 5.74) is 2.07. The van der Waals surface area contributed by atoms with Crippen molar-refractivity contribution >= 4 is 11.2 Å². The Bertz CT molecular complexity index is 627. The zero-order valence-corrected chi connectivity index (χ0v) is 13.0. The standard InChI is InChI=1S/C17H24N4O/c1-3-14(18-7-1)12-21-16(11-13-5-9-22-10-6-13)20-15-4-2-8-19-17(15)21/h2,4,8,13-14,18H,1,3,5-7,9-12H2. The number of hydrogen-bond acceptors (Lipinski definition) is 4. The number of pyridine rings is 1. The van der Waals surface area contributed by atoms with Crippen molar-refractivity contribution in [1.82, 2.24) is 19.9 Å². The molecular formula is C17H24N4O. The highest BCUT2D eigenvalue weighted by atomic mass is 16.5. The summed E-state index contributed by atoms with van der Waals surface area (Å²) in [6.07, 6.45) is 7.76. The van der Waals surface area contributed by atoms with Crippen molar-refractivity contribution in [2.24, 2.45) is 5.92 Å². The SMILES string of the molecule is c1cnc2c(c1)nc(CC1CCOCC1)n2CC1CCCN1. The fourth-order valence-electron chi connectivity index (χ4n) is 3.69. The molecule has 0 amide bonds. The summed E-state index contributed by atoms with van der Waals surface area (Å²) < 4.78 is 7.84. The monoisotopic (exact) mass is 300 g/mol. The Balaban J connectivity index is 1.62. The van der Waals surface area contributed by atoms with E-state index in [9.17, 15) is 0 Å². The first kappa shape index (κ1) is 14.2. The van der Waals surface area contributed by atoms with Crippen molar-refractivity contribution in [3.8, 4) is 0 Å². The largest absolute Gasteiger partial charge is 0.381 e. The van der Waals surface area contributed by atoms with Crippen LogP contribution in [0.25, 0.3) is 11.2 Å². The Hall–Kier alpha value is -1.46. The molecule has 0 bridgehead atoms. The minimum atomic E-state index is 0.563. The predicted molar refractivity (Wildman–Crippen MR) is 85.8 cm³/mol. The van der Waals surface area contributed by atoms with Crippen LogP contribution in [-0.2, 0) is 17.7 Å². The van der Waals surface area contributed by atoms with Crippen molar-refractivity contribution in [2.45, 2.75) is 44.7 Å². The first-order chi connectivity index (χ1) is 10.9. The van der Waals surface area contributed by atoms with E-state index in [2.05, 4.69) is 20.9 Å². The molecule has 2 aromatic rings. The molecule has 1 N–H and O–H groups in total. The van der Waals surface area contributed by atoms with Crippen LogP contribution in [-0.4, -0.2) is 40.3 Å². The highest BCUT2D eigenvalue weighted by Crippen LogP contribution is 2.23. The third-order valence-electron chi connectivity index (χ3n) is 4.96. The molecule has 22 heavy (non-hydrogen) atoms. The van der Waals surface area contributed by atoms with Gasteiger partial charge in [-0.25, -0.2) is 9.97 Å². The summed E-state index contributed by atoms with van der Waals surface area (Å²) >= 11 is 0. The van der Waals surface area contributed by atoms with Gasteiger partial charge in [0.25, 0.3) is 0 Å². The molecule has 0 aliphatic carbocycles. The molecule has 4 heterocycles. The van der Waals surface area contributed by atoms with Gasteiger partial charge in [0, 0.05) is 38.4 Å². The highest BCUT2D eigenvalue weighted by molar-refractivity contribution is 5.71. The molecule has 2 fully saturated rings. The molecule has 2 aliphatic heterocycles. The second-order valence-corrected chi connectivity index (χ2v) is 6.54. The maximum Gasteiger partial charge on any atom is 0.160 e. The number of imidazole rings is 1. The Morgan fingerprint density at radius 3 is 3.00 bits per heavy atom. The molecule has 2 aliphatic rings. The number of ether oxygens (including phenoxy) is 1. The van der Waals surface area contributed by atoms with E-state index < -0.39 is 0 Å². The van der Waals surface area contributed by atoms with Gasteiger partial charge in [-0.05, 0) is 50.3 Å². The van der Waals surface area contributed by atoms with Crippen LogP contribution < -0.4 is 5.32 Å². The minimum Gasteiger partial charge on any atom is -0.381 e. The van der Waals surface area contributed by atoms with Crippen LogP contribution in [0, 0.1) is 5.92 Å². The van der Waals surface area contributed by atoms with E-state index >= 15 is 0 Å². The second-order valence-electron chi connectivity index (χ2n) is 6.54. The second kappa shape index (κ2) is 6.34. The summed E-state index contributed by atoms with van der Waals surface area (Å²) in [6, 6.07) is 4.62. The maximum atomic E-state index is 5.48. The average molecular weight is 300 g/mol. The van der Waals surface area contributed by atoms with E-state index in [-0.39, 0.29) is 0 Å². The topological polar surface area (TPSA) is 52.0 Å². The average Bonchev–Trinajstić information content (AvgIpc) is 3.18. The maximum absolute atomic E-state index is 5.48. The molecule has 5 nitrogen and oxygen atoms in total. The number of hydrogen-bond donors (Lipinski definition) is 1. The number of rotatable bonds is 4. The van der Waals surface area contributed by atoms with Crippen molar-refractivity contribution in [3.63, 3.8) is 0 Å². The first-order valence-corrected chi connectivity index (χ1v) is 8.51. The molecule has 2 aromatic heterocycles. The van der Waals surface area contributed by atoms with Gasteiger partial charge in [-0.15, -0.1) is 0 Å². The van der Waals surface area contributed by atoms with Crippen LogP contribution in [0.5, 0.6) is 0 Å². The summed E-state index contributed by atoms with van der Waals surface area (Å²) in [4.78, 5) is 9.47. The quantitative estimate of drug-likeness (QED) is 0.940. The van der Waals surface area contributed by atoms with Gasteiger partial charge in [-0.3, -0.25) is 0 Å². The minimum absolute atomic E-state index is 0.563. The lowest BCUT2D eigenvalue weighted by Gasteiger charge is -2.22. The van der Waals surface area contributed by atoms with Crippen molar-refractivity contribution < 1.29 is 4.74 Å². The van der Waals surface area contributed by atoms with E-state index in [1.165, 1.54) is 18.7 Å². The molecule has 0 aromatic carbocycles. The summed E-state index contributed by atoms with van der Waals surface area (Å²) in [5.74, 6) is 1.90. The molecular weight excluding hydrogens is 276 g/mol. The fraction of sp³-hybridized carbons (Fsp3) is 0.647. The molecule has 118 valence electrons. The molecule has 1 atom stereocenters. The Kier molecular flexibility index (Phi) is 4.08. The van der Waals surface area contributed by atoms with Gasteiger partial charge < -0.3 is 14.6 Å². The van der Waals surface area contributed by atoms with E-state index in [1.807, 2.05) is 12.3 Å². The van der Waals surface area contributed by atoms with Gasteiger partial charge in [0.15, 0.2) is 5.65 Å². The molecule has 4 rings (SSSR count). The molecule has 1 unspecified atom stereocenters. The smallest absolute Gasteiger partial charge is 0.160 e. The van der Waals surface area contributed by atoms with Gasteiger partial charge in [0.2, 0.25) is 0 Å². The van der Waals surface area contributed by atoms with Crippen LogP contribution in [0.4, 0.5) is 0 Å². The zero-order chi connectivity index (χ0) is 14.8. The van der Waals surface area contributed by atoms with E-state index in [4.69, 9.17) is 9.72 Å². The zero-order valence-electron chi connectivity index (χ0n) is 13.0. The molecule has 5 heteroatoms. The van der Waals surface area contributed by atoms with Crippen LogP contribution in [0.2, 0.25) is 0 Å². The molecule has 0 saturated carbocycles. The number of nitrogens with zero attached hydrogens (tertiary/aromatic N) is 3. The van der Waals surface area contributed by atoms with Crippen LogP contribution in [0.15, 0.2) is 18.3 Å². The van der Waals surface area contributed by atoms with Gasteiger partial charge >= 0.3 is 0 Å². The summed E-state index contributed by atoms with van der Waals surface area (Å²) in [5, 5.41) is 3.59. The molecule has 0 radical (unpaired) electrons. The third-order valence-corrected chi connectivity index (χ3v) is 4.96. The van der Waals surface area contributed by atoms with Gasteiger partial charge in [0.1, 0.15) is 11.3 Å². The fourth-order valence-corrected chi connectivity index (χ4v) is 3.69. The highest BCUT2D eigenvalue weighted by Gasteiger charge is 2.22. The molecule has 0 spiro atoms. The van der Waals surface area contributed by atoms with Crippen molar-refractivity contribution in [3.05, 3.63) is 24.2 Å². The Morgan fingerprint density at radius 1 is 1.27 bits per heavy atom. The van der Waals surface area contributed by atoms with E-state index in [0.717, 1.165) is 56.7 Å². The first-order valence-electron chi connectivity index (χ1n) is 8.51. The molecule has 2 saturated heterocycles. The van der Waals surface area contributed by atoms with Gasteiger partial charge in [0.05, 0.1) is 0 Å². The summed E-state index contributed by atoms with van der Waals surface area (Å²) in [6.45, 7) is 3.92. The van der Waals surface area contributed by atoms with Gasteiger partial charge in [-0.1, -0.05) is 0 Å². The Morgan fingerprint density at radius 2 is 2.18 bits per heavy atom. The lowest BCUT2D eigenvalue weighted by Crippen LogP contribution is -2.28. The normalized spacial score (nSPS) is 23.4. The van der Waals surface area contributed by atoms with Crippen molar-refractivity contribution in [1.29, 1.82) is 0 Å². The van der Waals surface area contributed by atoms with Crippen LogP contribution >= 0.6 is 0 Å². The number of nitrogens with one attached hydrogen (secondary N) is 1. The van der Waals surface area contributed by atoms with E-state index in [0.29, 0.717) is 12.0 Å². The lowest BCUT2D eigenvalue weighted by atomic mass is 9.96. The number of fused-ring (bicyclic) bond motifs is 1. The third kappa shape index (κ3) is 2.88. The number of aromatic nitrogens is 3. The summed E-state index contributed by atoms with van der Waals surface area (Å²) in [7, 11) is 0. The van der Waals surface area contributed by atoms with Crippen molar-refractivity contribution in [2.75, 3.05) is 19.8 Å². The van der Waals surface area contributed by atoms with Crippen LogP contribution in [0.3, 0.4) is 0 Å². The van der Waals surface area contributed by atoms with Crippen LogP contribution in [0.1, 0.15) is 31.5 Å². The Labute approximate surface area is 131 Å². The predicted octanol–water partition coefficient (Wildman–Crippen LogP) is 2.15. The lowest BCUT2D eigenvalue weighted by molar-refractivity contribution is 0.0657. The van der Waals surface area contributed by atoms with Gasteiger partial charge in [-0.2, -0.15) is 0 Å².